The van der Waals surface area contributed by atoms with Gasteiger partial charge in [-0.05, 0) is 30.2 Å². The summed E-state index contributed by atoms with van der Waals surface area (Å²) in [5.74, 6) is 0. The van der Waals surface area contributed by atoms with E-state index in [9.17, 15) is 8.42 Å². The average Bonchev–Trinajstić information content (AvgIpc) is 2.41. The second-order valence-corrected chi connectivity index (χ2v) is 7.81. The van der Waals surface area contributed by atoms with Crippen molar-refractivity contribution in [2.24, 2.45) is 0 Å². The molecule has 3 nitrogen and oxygen atoms in total. The Morgan fingerprint density at radius 1 is 1.20 bits per heavy atom. The maximum atomic E-state index is 12.4. The van der Waals surface area contributed by atoms with Crippen molar-refractivity contribution in [1.29, 1.82) is 0 Å². The van der Waals surface area contributed by atoms with Crippen LogP contribution in [0.15, 0.2) is 52.3 Å². The summed E-state index contributed by atoms with van der Waals surface area (Å²) in [6, 6.07) is 12.8. The van der Waals surface area contributed by atoms with Crippen LogP contribution in [0, 0.1) is 6.92 Å². The van der Waals surface area contributed by atoms with E-state index in [1.807, 2.05) is 30.3 Å². The van der Waals surface area contributed by atoms with Gasteiger partial charge in [0.2, 0.25) is 10.0 Å². The molecule has 0 saturated heterocycles. The van der Waals surface area contributed by atoms with Crippen LogP contribution in [0.3, 0.4) is 0 Å². The summed E-state index contributed by atoms with van der Waals surface area (Å²) in [4.78, 5) is 0.991. The van der Waals surface area contributed by atoms with E-state index in [-0.39, 0.29) is 5.37 Å². The van der Waals surface area contributed by atoms with Gasteiger partial charge in [-0.2, -0.15) is 4.72 Å². The smallest absolute Gasteiger partial charge is 0.207 e. The number of fused-ring (bicyclic) bond motifs is 1. The first kappa shape index (κ1) is 13.9. The highest BCUT2D eigenvalue weighted by molar-refractivity contribution is 8.02. The minimum absolute atomic E-state index is 0.302. The molecule has 1 aliphatic heterocycles. The summed E-state index contributed by atoms with van der Waals surface area (Å²) in [5, 5.41) is 0.257. The van der Waals surface area contributed by atoms with E-state index in [1.54, 1.807) is 19.1 Å². The molecule has 0 fully saturated rings. The zero-order valence-corrected chi connectivity index (χ0v) is 13.0. The molecule has 3 rings (SSSR count). The van der Waals surface area contributed by atoms with E-state index >= 15 is 0 Å². The van der Waals surface area contributed by atoms with E-state index in [2.05, 4.69) is 4.72 Å². The van der Waals surface area contributed by atoms with Gasteiger partial charge in [-0.3, -0.25) is 0 Å². The summed E-state index contributed by atoms with van der Waals surface area (Å²) in [7, 11) is -3.51. The van der Waals surface area contributed by atoms with Gasteiger partial charge >= 0.3 is 0 Å². The van der Waals surface area contributed by atoms with Crippen molar-refractivity contribution in [2.75, 3.05) is 0 Å². The van der Waals surface area contributed by atoms with Gasteiger partial charge in [0, 0.05) is 9.92 Å². The molecule has 2 aromatic rings. The van der Waals surface area contributed by atoms with Gasteiger partial charge in [0.1, 0.15) is 0 Å². The van der Waals surface area contributed by atoms with E-state index < -0.39 is 10.0 Å². The molecule has 0 bridgehead atoms. The molecule has 0 amide bonds. The zero-order chi connectivity index (χ0) is 14.3. The monoisotopic (exact) mass is 325 g/mol. The number of halogens is 1. The first-order valence-electron chi connectivity index (χ1n) is 6.01. The topological polar surface area (TPSA) is 46.2 Å². The highest BCUT2D eigenvalue weighted by atomic mass is 35.5. The Hall–Kier alpha value is -1.01. The number of benzene rings is 2. The number of aryl methyl sites for hydroxylation is 1. The molecular formula is C14H12ClNO2S2. The van der Waals surface area contributed by atoms with Crippen LogP contribution in [-0.4, -0.2) is 8.42 Å². The first-order valence-corrected chi connectivity index (χ1v) is 8.75. The molecule has 0 aromatic heterocycles. The van der Waals surface area contributed by atoms with Gasteiger partial charge in [0.05, 0.1) is 10.3 Å². The zero-order valence-electron chi connectivity index (χ0n) is 10.6. The lowest BCUT2D eigenvalue weighted by atomic mass is 10.2. The van der Waals surface area contributed by atoms with Crippen molar-refractivity contribution in [3.63, 3.8) is 0 Å². The Labute approximate surface area is 127 Å². The third kappa shape index (κ3) is 2.46. The van der Waals surface area contributed by atoms with Crippen LogP contribution in [-0.2, 0) is 10.0 Å². The first-order chi connectivity index (χ1) is 9.47. The maximum Gasteiger partial charge on any atom is 0.242 e. The summed E-state index contributed by atoms with van der Waals surface area (Å²) in [6.45, 7) is 1.80. The molecule has 1 aliphatic rings. The Kier molecular flexibility index (Phi) is 3.54. The van der Waals surface area contributed by atoms with Gasteiger partial charge in [0.25, 0.3) is 0 Å². The molecule has 0 saturated carbocycles. The lowest BCUT2D eigenvalue weighted by Crippen LogP contribution is -2.30. The molecule has 2 aromatic carbocycles. The Morgan fingerprint density at radius 3 is 2.60 bits per heavy atom. The average molecular weight is 326 g/mol. The minimum atomic E-state index is -3.51. The molecule has 0 spiro atoms. The van der Waals surface area contributed by atoms with Crippen molar-refractivity contribution in [3.05, 3.63) is 58.6 Å². The fourth-order valence-electron chi connectivity index (χ4n) is 2.06. The summed E-state index contributed by atoms with van der Waals surface area (Å²) < 4.78 is 27.4. The summed E-state index contributed by atoms with van der Waals surface area (Å²) in [5.41, 5.74) is 1.68. The molecular weight excluding hydrogens is 314 g/mol. The largest absolute Gasteiger partial charge is 0.242 e. The lowest BCUT2D eigenvalue weighted by Gasteiger charge is -2.26. The number of hydrogen-bond acceptors (Lipinski definition) is 3. The summed E-state index contributed by atoms with van der Waals surface area (Å²) >= 11 is 7.56. The Balaban J connectivity index is 2.10. The number of hydrogen-bond donors (Lipinski definition) is 1. The lowest BCUT2D eigenvalue weighted by molar-refractivity contribution is 0.575. The van der Waals surface area contributed by atoms with Crippen molar-refractivity contribution in [2.45, 2.75) is 22.1 Å². The highest BCUT2D eigenvalue weighted by Gasteiger charge is 2.31. The SMILES string of the molecule is Cc1cc2c(cc1Cl)SC(c1ccccc1)NS2(=O)=O. The quantitative estimate of drug-likeness (QED) is 0.869. The van der Waals surface area contributed by atoms with Gasteiger partial charge in [-0.15, -0.1) is 0 Å². The number of rotatable bonds is 1. The Bertz CT molecular complexity index is 760. The molecule has 1 N–H and O–H groups in total. The predicted octanol–water partition coefficient (Wildman–Crippen LogP) is 3.73. The van der Waals surface area contributed by atoms with Crippen molar-refractivity contribution in [1.82, 2.24) is 4.72 Å². The molecule has 1 atom stereocenters. The van der Waals surface area contributed by atoms with Crippen LogP contribution >= 0.6 is 23.4 Å². The van der Waals surface area contributed by atoms with Crippen LogP contribution < -0.4 is 4.72 Å². The second-order valence-electron chi connectivity index (χ2n) is 4.58. The molecule has 20 heavy (non-hydrogen) atoms. The molecule has 0 radical (unpaired) electrons. The van der Waals surface area contributed by atoms with Crippen LogP contribution in [0.4, 0.5) is 0 Å². The molecule has 6 heteroatoms. The third-order valence-corrected chi connectivity index (χ3v) is 6.49. The van der Waals surface area contributed by atoms with Crippen LogP contribution in [0.1, 0.15) is 16.5 Å². The van der Waals surface area contributed by atoms with E-state index in [1.165, 1.54) is 11.8 Å². The van der Waals surface area contributed by atoms with Crippen LogP contribution in [0.2, 0.25) is 5.02 Å². The van der Waals surface area contributed by atoms with Crippen molar-refractivity contribution in [3.8, 4) is 0 Å². The van der Waals surface area contributed by atoms with Gasteiger partial charge < -0.3 is 0 Å². The normalized spacial score (nSPS) is 20.4. The van der Waals surface area contributed by atoms with Crippen LogP contribution in [0.25, 0.3) is 0 Å². The number of nitrogens with one attached hydrogen (secondary N) is 1. The molecule has 1 heterocycles. The molecule has 104 valence electrons. The summed E-state index contributed by atoms with van der Waals surface area (Å²) in [6.07, 6.45) is 0. The fraction of sp³-hybridized carbons (Fsp3) is 0.143. The second kappa shape index (κ2) is 5.07. The van der Waals surface area contributed by atoms with Gasteiger partial charge in [0.15, 0.2) is 0 Å². The van der Waals surface area contributed by atoms with Gasteiger partial charge in [-0.1, -0.05) is 53.7 Å². The standard InChI is InChI=1S/C14H12ClNO2S2/c1-9-7-13-12(8-11(9)15)19-14(16-20(13,17)18)10-5-3-2-4-6-10/h2-8,14,16H,1H3. The highest BCUT2D eigenvalue weighted by Crippen LogP contribution is 2.43. The molecule has 0 aliphatic carbocycles. The van der Waals surface area contributed by atoms with E-state index in [4.69, 9.17) is 11.6 Å². The third-order valence-electron chi connectivity index (χ3n) is 3.12. The van der Waals surface area contributed by atoms with Crippen molar-refractivity contribution < 1.29 is 8.42 Å². The van der Waals surface area contributed by atoms with Crippen LogP contribution in [0.5, 0.6) is 0 Å². The maximum absolute atomic E-state index is 12.4. The number of thioether (sulfide) groups is 1. The van der Waals surface area contributed by atoms with Gasteiger partial charge in [-0.25, -0.2) is 8.42 Å². The van der Waals surface area contributed by atoms with Crippen molar-refractivity contribution >= 4 is 33.4 Å². The predicted molar refractivity (Wildman–Crippen MR) is 81.6 cm³/mol. The number of sulfonamides is 1. The van der Waals surface area contributed by atoms with E-state index in [0.717, 1.165) is 11.1 Å². The fourth-order valence-corrected chi connectivity index (χ4v) is 5.44. The van der Waals surface area contributed by atoms with E-state index in [0.29, 0.717) is 14.8 Å². The molecule has 1 unspecified atom stereocenters. The minimum Gasteiger partial charge on any atom is -0.207 e. The Morgan fingerprint density at radius 2 is 1.90 bits per heavy atom.